The van der Waals surface area contributed by atoms with Crippen molar-refractivity contribution in [1.29, 1.82) is 0 Å². The predicted octanol–water partition coefficient (Wildman–Crippen LogP) is 3.26. The highest BCUT2D eigenvalue weighted by atomic mass is 16.5. The van der Waals surface area contributed by atoms with Gasteiger partial charge in [0.25, 0.3) is 0 Å². The first-order chi connectivity index (χ1) is 6.84. The number of rotatable bonds is 2. The molecule has 2 nitrogen and oxygen atoms in total. The highest BCUT2D eigenvalue weighted by Gasteiger charge is 2.40. The van der Waals surface area contributed by atoms with Crippen LogP contribution in [0.2, 0.25) is 0 Å². The summed E-state index contributed by atoms with van der Waals surface area (Å²) in [5.74, 6) is 1.74. The zero-order valence-electron chi connectivity index (χ0n) is 10.7. The van der Waals surface area contributed by atoms with Crippen molar-refractivity contribution in [2.75, 3.05) is 6.61 Å². The molecular weight excluding hydrogens is 188 g/mol. The molecule has 0 aromatic carbocycles. The molecule has 1 fully saturated rings. The topological polar surface area (TPSA) is 26.3 Å². The Balaban J connectivity index is 2.66. The van der Waals surface area contributed by atoms with Crippen LogP contribution in [-0.4, -0.2) is 12.6 Å². The van der Waals surface area contributed by atoms with Crippen molar-refractivity contribution < 1.29 is 9.53 Å². The van der Waals surface area contributed by atoms with Crippen molar-refractivity contribution in [2.24, 2.45) is 23.2 Å². The summed E-state index contributed by atoms with van der Waals surface area (Å²) in [5, 5.41) is 0. The van der Waals surface area contributed by atoms with E-state index in [-0.39, 0.29) is 5.97 Å². The van der Waals surface area contributed by atoms with Gasteiger partial charge in [-0.15, -0.1) is 0 Å². The van der Waals surface area contributed by atoms with Gasteiger partial charge in [-0.2, -0.15) is 0 Å². The van der Waals surface area contributed by atoms with Gasteiger partial charge in [-0.05, 0) is 30.1 Å². The zero-order valence-corrected chi connectivity index (χ0v) is 10.7. The molecule has 3 unspecified atom stereocenters. The van der Waals surface area contributed by atoms with Gasteiger partial charge in [0.1, 0.15) is 0 Å². The van der Waals surface area contributed by atoms with Crippen LogP contribution in [0.1, 0.15) is 47.5 Å². The summed E-state index contributed by atoms with van der Waals surface area (Å²) in [6.45, 7) is 11.3. The van der Waals surface area contributed by atoms with Crippen LogP contribution in [0.15, 0.2) is 0 Å². The molecule has 1 aliphatic rings. The smallest absolute Gasteiger partial charge is 0.302 e. The van der Waals surface area contributed by atoms with Crippen molar-refractivity contribution in [3.05, 3.63) is 0 Å². The minimum atomic E-state index is -0.156. The predicted molar refractivity (Wildman–Crippen MR) is 61.5 cm³/mol. The summed E-state index contributed by atoms with van der Waals surface area (Å²) < 4.78 is 5.20. The Labute approximate surface area is 93.4 Å². The van der Waals surface area contributed by atoms with Gasteiger partial charge in [0.05, 0.1) is 6.61 Å². The molecule has 1 aliphatic carbocycles. The molecule has 0 saturated heterocycles. The Morgan fingerprint density at radius 3 is 2.53 bits per heavy atom. The minimum Gasteiger partial charge on any atom is -0.466 e. The number of ether oxygens (including phenoxy) is 1. The third-order valence-corrected chi connectivity index (χ3v) is 4.25. The van der Waals surface area contributed by atoms with Gasteiger partial charge in [-0.25, -0.2) is 0 Å². The lowest BCUT2D eigenvalue weighted by Gasteiger charge is -2.45. The molecule has 0 amide bonds. The van der Waals surface area contributed by atoms with Gasteiger partial charge >= 0.3 is 5.97 Å². The Bertz CT molecular complexity index is 233. The number of carbonyl (C=O) groups is 1. The Morgan fingerprint density at radius 1 is 1.40 bits per heavy atom. The maximum atomic E-state index is 10.9. The molecule has 0 radical (unpaired) electrons. The van der Waals surface area contributed by atoms with Crippen LogP contribution in [-0.2, 0) is 9.53 Å². The molecule has 0 aromatic heterocycles. The summed E-state index contributed by atoms with van der Waals surface area (Å²) in [6, 6.07) is 0. The van der Waals surface area contributed by atoms with Crippen LogP contribution in [0.3, 0.4) is 0 Å². The monoisotopic (exact) mass is 212 g/mol. The van der Waals surface area contributed by atoms with Crippen LogP contribution >= 0.6 is 0 Å². The number of hydrogen-bond acceptors (Lipinski definition) is 2. The fraction of sp³-hybridized carbons (Fsp3) is 0.923. The van der Waals surface area contributed by atoms with E-state index in [1.807, 2.05) is 0 Å². The van der Waals surface area contributed by atoms with Gasteiger partial charge in [-0.3, -0.25) is 4.79 Å². The third kappa shape index (κ3) is 2.96. The largest absolute Gasteiger partial charge is 0.466 e. The second kappa shape index (κ2) is 4.54. The molecule has 1 saturated carbocycles. The van der Waals surface area contributed by atoms with Crippen molar-refractivity contribution in [2.45, 2.75) is 47.5 Å². The molecule has 88 valence electrons. The van der Waals surface area contributed by atoms with Crippen molar-refractivity contribution in [1.82, 2.24) is 0 Å². The Kier molecular flexibility index (Phi) is 3.80. The lowest BCUT2D eigenvalue weighted by Crippen LogP contribution is -2.40. The normalized spacial score (nSPS) is 34.9. The van der Waals surface area contributed by atoms with E-state index < -0.39 is 0 Å². The van der Waals surface area contributed by atoms with Crippen molar-refractivity contribution in [3.8, 4) is 0 Å². The lowest BCUT2D eigenvalue weighted by molar-refractivity contribution is -0.146. The highest BCUT2D eigenvalue weighted by Crippen LogP contribution is 2.46. The van der Waals surface area contributed by atoms with E-state index >= 15 is 0 Å². The van der Waals surface area contributed by atoms with Gasteiger partial charge < -0.3 is 4.74 Å². The third-order valence-electron chi connectivity index (χ3n) is 4.25. The molecule has 0 aromatic rings. The van der Waals surface area contributed by atoms with Gasteiger partial charge in [-0.1, -0.05) is 27.7 Å². The molecule has 15 heavy (non-hydrogen) atoms. The van der Waals surface area contributed by atoms with Crippen LogP contribution in [0.25, 0.3) is 0 Å². The van der Waals surface area contributed by atoms with Gasteiger partial charge in [0.2, 0.25) is 0 Å². The van der Waals surface area contributed by atoms with E-state index in [4.69, 9.17) is 4.74 Å². The number of carbonyl (C=O) groups excluding carboxylic acids is 1. The summed E-state index contributed by atoms with van der Waals surface area (Å²) >= 11 is 0. The first-order valence-electron chi connectivity index (χ1n) is 5.98. The summed E-state index contributed by atoms with van der Waals surface area (Å²) in [6.07, 6.45) is 2.54. The molecule has 0 aliphatic heterocycles. The quantitative estimate of drug-likeness (QED) is 0.657. The highest BCUT2D eigenvalue weighted by molar-refractivity contribution is 5.65. The van der Waals surface area contributed by atoms with E-state index in [0.29, 0.717) is 23.9 Å². The molecule has 3 atom stereocenters. The standard InChI is InChI=1S/C13H24O2/c1-9-6-7-13(4,5)12(10(9)2)8-15-11(3)14/h9-10,12H,6-8H2,1-5H3. The van der Waals surface area contributed by atoms with Crippen LogP contribution in [0.5, 0.6) is 0 Å². The molecule has 0 spiro atoms. The Morgan fingerprint density at radius 2 is 2.00 bits per heavy atom. The average Bonchev–Trinajstić information content (AvgIpc) is 2.11. The molecule has 0 bridgehead atoms. The maximum Gasteiger partial charge on any atom is 0.302 e. The maximum absolute atomic E-state index is 10.9. The second-order valence-electron chi connectivity index (χ2n) is 5.77. The number of hydrogen-bond donors (Lipinski definition) is 0. The van der Waals surface area contributed by atoms with E-state index in [2.05, 4.69) is 27.7 Å². The first-order valence-corrected chi connectivity index (χ1v) is 5.98. The van der Waals surface area contributed by atoms with E-state index in [1.54, 1.807) is 0 Å². The van der Waals surface area contributed by atoms with Gasteiger partial charge in [0, 0.05) is 12.8 Å². The Hall–Kier alpha value is -0.530. The summed E-state index contributed by atoms with van der Waals surface area (Å²) in [4.78, 5) is 10.9. The summed E-state index contributed by atoms with van der Waals surface area (Å²) in [7, 11) is 0. The van der Waals surface area contributed by atoms with E-state index in [0.717, 1.165) is 5.92 Å². The lowest BCUT2D eigenvalue weighted by atomic mass is 9.61. The molecular formula is C13H24O2. The zero-order chi connectivity index (χ0) is 11.6. The van der Waals surface area contributed by atoms with Crippen molar-refractivity contribution >= 4 is 5.97 Å². The van der Waals surface area contributed by atoms with Crippen LogP contribution in [0, 0.1) is 23.2 Å². The van der Waals surface area contributed by atoms with Crippen LogP contribution < -0.4 is 0 Å². The van der Waals surface area contributed by atoms with E-state index in [9.17, 15) is 4.79 Å². The first kappa shape index (κ1) is 12.5. The van der Waals surface area contributed by atoms with Gasteiger partial charge in [0.15, 0.2) is 0 Å². The van der Waals surface area contributed by atoms with Crippen molar-refractivity contribution in [3.63, 3.8) is 0 Å². The average molecular weight is 212 g/mol. The van der Waals surface area contributed by atoms with Crippen LogP contribution in [0.4, 0.5) is 0 Å². The second-order valence-corrected chi connectivity index (χ2v) is 5.77. The fourth-order valence-electron chi connectivity index (χ4n) is 2.74. The molecule has 0 N–H and O–H groups in total. The number of esters is 1. The van der Waals surface area contributed by atoms with E-state index in [1.165, 1.54) is 19.8 Å². The summed E-state index contributed by atoms with van der Waals surface area (Å²) in [5.41, 5.74) is 0.307. The minimum absolute atomic E-state index is 0.156. The molecule has 2 heteroatoms. The molecule has 1 rings (SSSR count). The fourth-order valence-corrected chi connectivity index (χ4v) is 2.74. The SMILES string of the molecule is CC(=O)OCC1C(C)C(C)CCC1(C)C. The molecule has 0 heterocycles.